The Hall–Kier alpha value is -5.65. The molecule has 3 aromatic heterocycles. The summed E-state index contributed by atoms with van der Waals surface area (Å²) in [6, 6.07) is 25.4. The van der Waals surface area contributed by atoms with Gasteiger partial charge in [-0.15, -0.1) is 10.2 Å². The van der Waals surface area contributed by atoms with E-state index >= 15 is 0 Å². The summed E-state index contributed by atoms with van der Waals surface area (Å²) in [6.45, 7) is 2.08. The van der Waals surface area contributed by atoms with E-state index in [1.807, 2.05) is 90.4 Å². The predicted octanol–water partition coefficient (Wildman–Crippen LogP) is 3.23. The monoisotopic (exact) mass is 590 g/mol. The minimum absolute atomic E-state index is 0.153. The van der Waals surface area contributed by atoms with Crippen molar-refractivity contribution in [3.63, 3.8) is 0 Å². The van der Waals surface area contributed by atoms with Gasteiger partial charge >= 0.3 is 11.7 Å². The van der Waals surface area contributed by atoms with Crippen molar-refractivity contribution in [3.8, 4) is 22.5 Å². The molecule has 3 heterocycles. The van der Waals surface area contributed by atoms with Crippen LogP contribution in [-0.4, -0.2) is 52.4 Å². The highest BCUT2D eigenvalue weighted by atomic mass is 16.5. The smallest absolute Gasteiger partial charge is 0.333 e. The molecule has 12 heteroatoms. The zero-order valence-electron chi connectivity index (χ0n) is 24.3. The fraction of sp³-hybridized carbons (Fsp3) is 0.219. The van der Waals surface area contributed by atoms with Gasteiger partial charge < -0.3 is 9.30 Å². The molecule has 6 aromatic rings. The van der Waals surface area contributed by atoms with E-state index in [0.717, 1.165) is 27.8 Å². The first kappa shape index (κ1) is 28.5. The number of nitrogens with one attached hydrogen (secondary N) is 1. The Morgan fingerprint density at radius 2 is 1.59 bits per heavy atom. The molecule has 0 aliphatic heterocycles. The summed E-state index contributed by atoms with van der Waals surface area (Å²) in [7, 11) is 1.26. The number of benzene rings is 3. The Morgan fingerprint density at radius 1 is 0.864 bits per heavy atom. The number of aromatic nitrogens is 8. The minimum Gasteiger partial charge on any atom is -0.468 e. The Balaban J connectivity index is 1.41. The second kappa shape index (κ2) is 12.3. The number of hydrogen-bond acceptors (Lipinski definition) is 8. The van der Waals surface area contributed by atoms with Crippen molar-refractivity contribution in [1.82, 2.24) is 39.3 Å². The van der Waals surface area contributed by atoms with Crippen LogP contribution in [-0.2, 0) is 42.0 Å². The molecule has 222 valence electrons. The van der Waals surface area contributed by atoms with Crippen molar-refractivity contribution in [1.29, 1.82) is 0 Å². The van der Waals surface area contributed by atoms with E-state index in [-0.39, 0.29) is 24.3 Å². The van der Waals surface area contributed by atoms with Gasteiger partial charge in [-0.3, -0.25) is 18.7 Å². The van der Waals surface area contributed by atoms with E-state index in [0.29, 0.717) is 31.0 Å². The molecule has 44 heavy (non-hydrogen) atoms. The Bertz CT molecular complexity index is 2040. The third kappa shape index (κ3) is 5.44. The van der Waals surface area contributed by atoms with E-state index in [1.165, 1.54) is 16.2 Å². The van der Waals surface area contributed by atoms with Crippen molar-refractivity contribution < 1.29 is 9.53 Å². The van der Waals surface area contributed by atoms with Crippen molar-refractivity contribution >= 4 is 17.1 Å². The van der Waals surface area contributed by atoms with Gasteiger partial charge in [0.2, 0.25) is 5.82 Å². The number of fused-ring (bicyclic) bond motifs is 1. The molecule has 0 fully saturated rings. The van der Waals surface area contributed by atoms with Crippen LogP contribution in [0.15, 0.2) is 88.5 Å². The normalized spacial score (nSPS) is 11.2. The van der Waals surface area contributed by atoms with Gasteiger partial charge in [0, 0.05) is 25.1 Å². The van der Waals surface area contributed by atoms with Gasteiger partial charge in [0.15, 0.2) is 11.2 Å². The molecule has 0 aliphatic carbocycles. The van der Waals surface area contributed by atoms with E-state index in [2.05, 4.69) is 25.6 Å². The number of imidazole rings is 1. The lowest BCUT2D eigenvalue weighted by molar-refractivity contribution is -0.141. The number of nitrogens with zero attached hydrogens (tertiary/aromatic N) is 7. The van der Waals surface area contributed by atoms with Crippen molar-refractivity contribution in [2.24, 2.45) is 0 Å². The Morgan fingerprint density at radius 3 is 2.27 bits per heavy atom. The molecule has 0 atom stereocenters. The predicted molar refractivity (Wildman–Crippen MR) is 164 cm³/mol. The van der Waals surface area contributed by atoms with Crippen LogP contribution in [0.5, 0.6) is 0 Å². The van der Waals surface area contributed by atoms with Crippen molar-refractivity contribution in [2.45, 2.75) is 39.4 Å². The molecular weight excluding hydrogens is 560 g/mol. The van der Waals surface area contributed by atoms with Crippen molar-refractivity contribution in [2.75, 3.05) is 7.11 Å². The van der Waals surface area contributed by atoms with Crippen molar-refractivity contribution in [3.05, 3.63) is 117 Å². The largest absolute Gasteiger partial charge is 0.468 e. The standard InChI is InChI=1S/C32H30N8O4/c1-3-26-33-30-28(31(42)38(18-17-21-9-5-4-6-10-21)32(43)40(30)20-27(41)44-2)39(26)19-22-13-15-23(16-14-22)24-11-7-8-12-25(24)29-34-36-37-35-29/h4-16H,3,17-20H2,1-2H3,(H,34,35,36,37). The summed E-state index contributed by atoms with van der Waals surface area (Å²) in [5.74, 6) is 0.525. The van der Waals surface area contributed by atoms with Gasteiger partial charge in [-0.2, -0.15) is 5.21 Å². The molecule has 0 saturated carbocycles. The van der Waals surface area contributed by atoms with Gasteiger partial charge in [0.05, 0.1) is 7.11 Å². The van der Waals surface area contributed by atoms with Crippen LogP contribution < -0.4 is 11.2 Å². The van der Waals surface area contributed by atoms with Crippen LogP contribution in [0.1, 0.15) is 23.9 Å². The second-order valence-electron chi connectivity index (χ2n) is 10.3. The SMILES string of the molecule is CCc1nc2c(c(=O)n(CCc3ccccc3)c(=O)n2CC(=O)OC)n1Cc1ccc(-c2ccccc2-c2nn[nH]n2)cc1. The second-order valence-corrected chi connectivity index (χ2v) is 10.3. The lowest BCUT2D eigenvalue weighted by Crippen LogP contribution is -2.42. The first-order valence-electron chi connectivity index (χ1n) is 14.2. The number of carbonyl (C=O) groups is 1. The molecule has 0 bridgehead atoms. The van der Waals surface area contributed by atoms with E-state index in [9.17, 15) is 14.4 Å². The number of ether oxygens (including phenoxy) is 1. The molecule has 0 aliphatic rings. The van der Waals surface area contributed by atoms with Crippen LogP contribution in [0.25, 0.3) is 33.7 Å². The minimum atomic E-state index is -0.606. The molecule has 0 saturated heterocycles. The van der Waals surface area contributed by atoms with Gasteiger partial charge in [-0.05, 0) is 33.9 Å². The van der Waals surface area contributed by atoms with Crippen LogP contribution in [0.3, 0.4) is 0 Å². The first-order valence-corrected chi connectivity index (χ1v) is 14.2. The number of H-pyrrole nitrogens is 1. The zero-order chi connectivity index (χ0) is 30.6. The number of aromatic amines is 1. The zero-order valence-corrected chi connectivity index (χ0v) is 24.3. The Kier molecular flexibility index (Phi) is 7.96. The molecule has 1 N–H and O–H groups in total. The summed E-state index contributed by atoms with van der Waals surface area (Å²) in [5.41, 5.74) is 4.09. The molecule has 12 nitrogen and oxygen atoms in total. The maximum atomic E-state index is 14.0. The van der Waals surface area contributed by atoms with Gasteiger partial charge in [0.25, 0.3) is 5.56 Å². The highest BCUT2D eigenvalue weighted by molar-refractivity contribution is 5.80. The van der Waals surface area contributed by atoms with Crippen LogP contribution >= 0.6 is 0 Å². The number of rotatable bonds is 10. The molecule has 6 rings (SSSR count). The summed E-state index contributed by atoms with van der Waals surface area (Å²) in [5, 5.41) is 14.4. The van der Waals surface area contributed by atoms with Crippen LogP contribution in [0.2, 0.25) is 0 Å². The van der Waals surface area contributed by atoms with Crippen LogP contribution in [0.4, 0.5) is 0 Å². The third-order valence-corrected chi connectivity index (χ3v) is 7.61. The molecule has 0 spiro atoms. The average molecular weight is 591 g/mol. The topological polar surface area (TPSA) is 143 Å². The van der Waals surface area contributed by atoms with E-state index in [1.54, 1.807) is 0 Å². The quantitative estimate of drug-likeness (QED) is 0.240. The highest BCUT2D eigenvalue weighted by Gasteiger charge is 2.23. The van der Waals surface area contributed by atoms with E-state index < -0.39 is 17.2 Å². The number of esters is 1. The number of hydrogen-bond donors (Lipinski definition) is 1. The molecule has 3 aromatic carbocycles. The fourth-order valence-electron chi connectivity index (χ4n) is 5.37. The molecule has 0 radical (unpaired) electrons. The maximum absolute atomic E-state index is 14.0. The van der Waals surface area contributed by atoms with E-state index in [4.69, 9.17) is 4.74 Å². The number of tetrazole rings is 1. The molecule has 0 unspecified atom stereocenters. The Labute approximate surface area is 251 Å². The number of methoxy groups -OCH3 is 1. The molecule has 0 amide bonds. The summed E-state index contributed by atoms with van der Waals surface area (Å²) in [4.78, 5) is 44.6. The highest BCUT2D eigenvalue weighted by Crippen LogP contribution is 2.30. The fourth-order valence-corrected chi connectivity index (χ4v) is 5.37. The first-order chi connectivity index (χ1) is 21.5. The average Bonchev–Trinajstić information content (AvgIpc) is 3.73. The maximum Gasteiger partial charge on any atom is 0.333 e. The van der Waals surface area contributed by atoms with Gasteiger partial charge in [0.1, 0.15) is 12.4 Å². The number of carbonyl (C=O) groups excluding carboxylic acids is 1. The summed E-state index contributed by atoms with van der Waals surface area (Å²) in [6.07, 6.45) is 0.988. The lowest BCUT2D eigenvalue weighted by Gasteiger charge is -2.13. The number of aryl methyl sites for hydroxylation is 2. The molecular formula is C32H30N8O4. The van der Waals surface area contributed by atoms with Gasteiger partial charge in [-0.1, -0.05) is 85.8 Å². The third-order valence-electron chi connectivity index (χ3n) is 7.61. The lowest BCUT2D eigenvalue weighted by atomic mass is 9.98. The van der Waals surface area contributed by atoms with Crippen LogP contribution in [0, 0.1) is 0 Å². The summed E-state index contributed by atoms with van der Waals surface area (Å²) < 4.78 is 9.13. The summed E-state index contributed by atoms with van der Waals surface area (Å²) >= 11 is 0. The van der Waals surface area contributed by atoms with Gasteiger partial charge in [-0.25, -0.2) is 9.78 Å².